The molecular formula is C24H18N6O3. The summed E-state index contributed by atoms with van der Waals surface area (Å²) in [6.45, 7) is -0.150. The van der Waals surface area contributed by atoms with Crippen LogP contribution < -0.4 is 10.3 Å². The molecule has 0 unspecified atom stereocenters. The van der Waals surface area contributed by atoms with Crippen LogP contribution in [0.1, 0.15) is 10.5 Å². The van der Waals surface area contributed by atoms with Crippen molar-refractivity contribution < 1.29 is 9.53 Å². The highest BCUT2D eigenvalue weighted by atomic mass is 16.5. The highest BCUT2D eigenvalue weighted by Crippen LogP contribution is 2.26. The molecule has 5 aromatic rings. The van der Waals surface area contributed by atoms with Crippen LogP contribution in [0.4, 0.5) is 0 Å². The van der Waals surface area contributed by atoms with Gasteiger partial charge >= 0.3 is 0 Å². The fourth-order valence-electron chi connectivity index (χ4n) is 3.40. The lowest BCUT2D eigenvalue weighted by Crippen LogP contribution is -2.25. The van der Waals surface area contributed by atoms with Crippen LogP contribution in [0.5, 0.6) is 11.5 Å². The maximum Gasteiger partial charge on any atom is 0.261 e. The molecule has 33 heavy (non-hydrogen) atoms. The number of fused-ring (bicyclic) bond motifs is 1. The van der Waals surface area contributed by atoms with Crippen LogP contribution in [0.3, 0.4) is 0 Å². The van der Waals surface area contributed by atoms with Gasteiger partial charge in [0.15, 0.2) is 0 Å². The van der Waals surface area contributed by atoms with Crippen LogP contribution in [0.2, 0.25) is 0 Å². The van der Waals surface area contributed by atoms with E-state index in [1.165, 1.54) is 17.1 Å². The zero-order valence-electron chi connectivity index (χ0n) is 17.6. The Kier molecular flexibility index (Phi) is 5.19. The Morgan fingerprint density at radius 3 is 2.67 bits per heavy atom. The lowest BCUT2D eigenvalue weighted by molar-refractivity contribution is 0.0966. The maximum absolute atomic E-state index is 13.0. The van der Waals surface area contributed by atoms with E-state index in [1.807, 2.05) is 13.2 Å². The number of ether oxygens (including phenoxy) is 1. The highest BCUT2D eigenvalue weighted by molar-refractivity contribution is 5.94. The summed E-state index contributed by atoms with van der Waals surface area (Å²) in [7, 11) is 1.84. The van der Waals surface area contributed by atoms with E-state index in [1.54, 1.807) is 65.6 Å². The molecule has 5 rings (SSSR count). The second-order valence-corrected chi connectivity index (χ2v) is 7.38. The molecule has 0 radical (unpaired) electrons. The van der Waals surface area contributed by atoms with Gasteiger partial charge < -0.3 is 4.74 Å². The summed E-state index contributed by atoms with van der Waals surface area (Å²) < 4.78 is 8.95. The van der Waals surface area contributed by atoms with Crippen molar-refractivity contribution >= 4 is 16.7 Å². The number of pyridine rings is 2. The SMILES string of the molecule is Cn1cc(-c2cc(Oc3ccc4ncn(CC(=O)c5ccccn5)c(=O)c4c3)ccn2)cn1. The van der Waals surface area contributed by atoms with Crippen molar-refractivity contribution in [3.63, 3.8) is 0 Å². The number of Topliss-reactive ketones (excluding diaryl/α,β-unsaturated/α-hetero) is 1. The molecule has 4 aromatic heterocycles. The zero-order chi connectivity index (χ0) is 22.8. The van der Waals surface area contributed by atoms with Crippen molar-refractivity contribution in [2.75, 3.05) is 0 Å². The normalized spacial score (nSPS) is 10.9. The van der Waals surface area contributed by atoms with E-state index in [4.69, 9.17) is 4.74 Å². The van der Waals surface area contributed by atoms with E-state index in [9.17, 15) is 9.59 Å². The largest absolute Gasteiger partial charge is 0.457 e. The van der Waals surface area contributed by atoms with Crippen LogP contribution in [-0.4, -0.2) is 35.1 Å². The molecule has 0 saturated carbocycles. The van der Waals surface area contributed by atoms with Crippen molar-refractivity contribution in [1.82, 2.24) is 29.3 Å². The second-order valence-electron chi connectivity index (χ2n) is 7.38. The average Bonchev–Trinajstić information content (AvgIpc) is 3.28. The monoisotopic (exact) mass is 438 g/mol. The van der Waals surface area contributed by atoms with Crippen molar-refractivity contribution in [2.24, 2.45) is 7.05 Å². The predicted octanol–water partition coefficient (Wildman–Crippen LogP) is 3.26. The van der Waals surface area contributed by atoms with Gasteiger partial charge in [-0.2, -0.15) is 5.10 Å². The summed E-state index contributed by atoms with van der Waals surface area (Å²) >= 11 is 0. The molecule has 0 atom stereocenters. The molecule has 0 aliphatic carbocycles. The quantitative estimate of drug-likeness (QED) is 0.375. The summed E-state index contributed by atoms with van der Waals surface area (Å²) in [5, 5.41) is 4.51. The van der Waals surface area contributed by atoms with Gasteiger partial charge in [-0.1, -0.05) is 6.07 Å². The topological polar surface area (TPSA) is 105 Å². The molecule has 162 valence electrons. The number of carbonyl (C=O) groups excluding carboxylic acids is 1. The van der Waals surface area contributed by atoms with Gasteiger partial charge in [-0.25, -0.2) is 4.98 Å². The Morgan fingerprint density at radius 2 is 1.88 bits per heavy atom. The zero-order valence-corrected chi connectivity index (χ0v) is 17.6. The number of hydrogen-bond acceptors (Lipinski definition) is 7. The van der Waals surface area contributed by atoms with Crippen LogP contribution in [0, 0.1) is 0 Å². The van der Waals surface area contributed by atoms with Gasteiger partial charge in [-0.3, -0.25) is 28.8 Å². The summed E-state index contributed by atoms with van der Waals surface area (Å²) in [4.78, 5) is 38.2. The third-order valence-electron chi connectivity index (χ3n) is 5.03. The Labute approximate surface area is 188 Å². The van der Waals surface area contributed by atoms with Crippen molar-refractivity contribution in [3.8, 4) is 22.8 Å². The van der Waals surface area contributed by atoms with Crippen molar-refractivity contribution in [2.45, 2.75) is 6.54 Å². The van der Waals surface area contributed by atoms with Crippen LogP contribution in [0.25, 0.3) is 22.2 Å². The van der Waals surface area contributed by atoms with E-state index in [0.29, 0.717) is 28.1 Å². The smallest absolute Gasteiger partial charge is 0.261 e. The Hall–Kier alpha value is -4.66. The van der Waals surface area contributed by atoms with Crippen molar-refractivity contribution in [1.29, 1.82) is 0 Å². The molecule has 0 aliphatic rings. The Balaban J connectivity index is 1.43. The Bertz CT molecular complexity index is 1520. The van der Waals surface area contributed by atoms with Crippen LogP contribution in [-0.2, 0) is 13.6 Å². The molecule has 0 spiro atoms. The lowest BCUT2D eigenvalue weighted by Gasteiger charge is -2.09. The third-order valence-corrected chi connectivity index (χ3v) is 5.03. The van der Waals surface area contributed by atoms with E-state index in [-0.39, 0.29) is 17.9 Å². The number of benzene rings is 1. The van der Waals surface area contributed by atoms with E-state index >= 15 is 0 Å². The van der Waals surface area contributed by atoms with Gasteiger partial charge in [0.05, 0.1) is 35.7 Å². The number of nitrogens with zero attached hydrogens (tertiary/aromatic N) is 6. The summed E-state index contributed by atoms with van der Waals surface area (Å²) in [5.41, 5.74) is 2.06. The van der Waals surface area contributed by atoms with Crippen LogP contribution in [0.15, 0.2) is 84.4 Å². The molecule has 0 fully saturated rings. The Morgan fingerprint density at radius 1 is 1.00 bits per heavy atom. The number of aryl methyl sites for hydroxylation is 1. The van der Waals surface area contributed by atoms with Gasteiger partial charge in [0.1, 0.15) is 17.2 Å². The number of aromatic nitrogens is 6. The molecule has 0 N–H and O–H groups in total. The van der Waals surface area contributed by atoms with E-state index < -0.39 is 0 Å². The minimum Gasteiger partial charge on any atom is -0.457 e. The minimum absolute atomic E-state index is 0.150. The molecule has 0 bridgehead atoms. The molecule has 0 saturated heterocycles. The molecule has 4 heterocycles. The second kappa shape index (κ2) is 8.46. The van der Waals surface area contributed by atoms with Crippen LogP contribution >= 0.6 is 0 Å². The molecule has 1 aromatic carbocycles. The summed E-state index contributed by atoms with van der Waals surface area (Å²) in [5.74, 6) is 0.766. The number of hydrogen-bond donors (Lipinski definition) is 0. The first-order chi connectivity index (χ1) is 16.1. The lowest BCUT2D eigenvalue weighted by atomic mass is 10.2. The first-order valence-electron chi connectivity index (χ1n) is 10.1. The predicted molar refractivity (Wildman–Crippen MR) is 121 cm³/mol. The highest BCUT2D eigenvalue weighted by Gasteiger charge is 2.12. The first kappa shape index (κ1) is 20.3. The number of carbonyl (C=O) groups is 1. The summed E-state index contributed by atoms with van der Waals surface area (Å²) in [6, 6.07) is 13.7. The van der Waals surface area contributed by atoms with Gasteiger partial charge in [0.2, 0.25) is 5.78 Å². The van der Waals surface area contributed by atoms with E-state index in [2.05, 4.69) is 20.1 Å². The molecular weight excluding hydrogens is 420 g/mol. The third kappa shape index (κ3) is 4.24. The standard InChI is InChI=1S/C24H18N6O3/c1-29-13-16(12-28-29)22-11-18(7-9-26-22)33-17-5-6-20-19(10-17)24(32)30(15-27-20)14-23(31)21-4-2-3-8-25-21/h2-13,15H,14H2,1H3. The van der Waals surface area contributed by atoms with Gasteiger partial charge in [-0.05, 0) is 36.4 Å². The molecule has 0 aliphatic heterocycles. The molecule has 9 nitrogen and oxygen atoms in total. The van der Waals surface area contributed by atoms with E-state index in [0.717, 1.165) is 11.3 Å². The van der Waals surface area contributed by atoms with Gasteiger partial charge in [-0.15, -0.1) is 0 Å². The fraction of sp³-hybridized carbons (Fsp3) is 0.0833. The minimum atomic E-state index is -0.333. The molecule has 0 amide bonds. The number of ketones is 1. The average molecular weight is 438 g/mol. The fourth-order valence-corrected chi connectivity index (χ4v) is 3.40. The first-order valence-corrected chi connectivity index (χ1v) is 10.1. The molecule has 9 heteroatoms. The maximum atomic E-state index is 13.0. The van der Waals surface area contributed by atoms with Gasteiger partial charge in [0.25, 0.3) is 5.56 Å². The number of rotatable bonds is 6. The van der Waals surface area contributed by atoms with Crippen molar-refractivity contribution in [3.05, 3.63) is 95.7 Å². The summed E-state index contributed by atoms with van der Waals surface area (Å²) in [6.07, 6.45) is 8.15. The van der Waals surface area contributed by atoms with Gasteiger partial charge in [0, 0.05) is 37.3 Å².